The Morgan fingerprint density at radius 3 is 2.57 bits per heavy atom. The number of H-pyrrole nitrogens is 1. The van der Waals surface area contributed by atoms with E-state index in [0.717, 1.165) is 22.4 Å². The van der Waals surface area contributed by atoms with Crippen LogP contribution >= 0.6 is 15.9 Å². The molecule has 0 spiro atoms. The van der Waals surface area contributed by atoms with Gasteiger partial charge in [-0.05, 0) is 24.6 Å². The summed E-state index contributed by atoms with van der Waals surface area (Å²) in [7, 11) is 0. The highest BCUT2D eigenvalue weighted by molar-refractivity contribution is 9.10. The van der Waals surface area contributed by atoms with Gasteiger partial charge in [-0.3, -0.25) is 0 Å². The molecule has 1 aromatic carbocycles. The van der Waals surface area contributed by atoms with Gasteiger partial charge < -0.3 is 4.98 Å². The van der Waals surface area contributed by atoms with E-state index in [0.29, 0.717) is 0 Å². The average Bonchev–Trinajstić information content (AvgIpc) is 2.56. The predicted octanol–water partition coefficient (Wildman–Crippen LogP) is 3.07. The second-order valence-electron chi connectivity index (χ2n) is 3.30. The van der Waals surface area contributed by atoms with Gasteiger partial charge in [0.05, 0.1) is 0 Å². The van der Waals surface area contributed by atoms with Gasteiger partial charge in [-0.2, -0.15) is 0 Å². The Kier molecular flexibility index (Phi) is 2.68. The standard InChI is InChI=1S/C11H11BrN2/c1-8-13-7-11(14-8)6-9-2-4-10(12)5-3-9/h2-5,7H,6H2,1H3,(H,13,14). The summed E-state index contributed by atoms with van der Waals surface area (Å²) in [6.45, 7) is 1.96. The number of rotatable bonds is 2. The van der Waals surface area contributed by atoms with Crippen molar-refractivity contribution in [3.8, 4) is 0 Å². The number of imidazole rings is 1. The first-order valence-corrected chi connectivity index (χ1v) is 5.28. The lowest BCUT2D eigenvalue weighted by molar-refractivity contribution is 1.07. The molecule has 0 fully saturated rings. The Labute approximate surface area is 91.5 Å². The van der Waals surface area contributed by atoms with Crippen LogP contribution in [0.15, 0.2) is 34.9 Å². The number of aromatic nitrogens is 2. The van der Waals surface area contributed by atoms with Crippen molar-refractivity contribution in [2.24, 2.45) is 0 Å². The summed E-state index contributed by atoms with van der Waals surface area (Å²) in [6.07, 6.45) is 2.80. The molecule has 0 aliphatic rings. The summed E-state index contributed by atoms with van der Waals surface area (Å²) in [5, 5.41) is 0. The molecule has 2 nitrogen and oxygen atoms in total. The predicted molar refractivity (Wildman–Crippen MR) is 60.3 cm³/mol. The Morgan fingerprint density at radius 2 is 2.00 bits per heavy atom. The summed E-state index contributed by atoms with van der Waals surface area (Å²) in [6, 6.07) is 8.33. The SMILES string of the molecule is Cc1ncc(Cc2ccc(Br)cc2)[nH]1. The molecule has 0 aliphatic heterocycles. The topological polar surface area (TPSA) is 28.7 Å². The number of benzene rings is 1. The monoisotopic (exact) mass is 250 g/mol. The number of hydrogen-bond acceptors (Lipinski definition) is 1. The van der Waals surface area contributed by atoms with E-state index in [4.69, 9.17) is 0 Å². The van der Waals surface area contributed by atoms with Crippen molar-refractivity contribution in [2.45, 2.75) is 13.3 Å². The van der Waals surface area contributed by atoms with Gasteiger partial charge in [-0.1, -0.05) is 28.1 Å². The molecule has 0 radical (unpaired) electrons. The van der Waals surface area contributed by atoms with E-state index in [1.54, 1.807) is 0 Å². The number of aromatic amines is 1. The first-order chi connectivity index (χ1) is 6.74. The van der Waals surface area contributed by atoms with E-state index >= 15 is 0 Å². The molecule has 0 saturated heterocycles. The summed E-state index contributed by atoms with van der Waals surface area (Å²) >= 11 is 3.41. The van der Waals surface area contributed by atoms with Gasteiger partial charge in [-0.25, -0.2) is 4.98 Å². The van der Waals surface area contributed by atoms with Crippen molar-refractivity contribution in [3.63, 3.8) is 0 Å². The van der Waals surface area contributed by atoms with Crippen LogP contribution in [0, 0.1) is 6.92 Å². The quantitative estimate of drug-likeness (QED) is 0.872. The third-order valence-corrected chi connectivity index (χ3v) is 2.59. The molecule has 3 heteroatoms. The van der Waals surface area contributed by atoms with Crippen molar-refractivity contribution in [1.29, 1.82) is 0 Å². The minimum Gasteiger partial charge on any atom is -0.346 e. The van der Waals surface area contributed by atoms with Crippen molar-refractivity contribution < 1.29 is 0 Å². The average molecular weight is 251 g/mol. The van der Waals surface area contributed by atoms with Crippen molar-refractivity contribution in [1.82, 2.24) is 9.97 Å². The molecule has 0 bridgehead atoms. The molecule has 0 amide bonds. The Balaban J connectivity index is 2.15. The van der Waals surface area contributed by atoms with Crippen LogP contribution in [0.4, 0.5) is 0 Å². The summed E-state index contributed by atoms with van der Waals surface area (Å²) < 4.78 is 1.11. The highest BCUT2D eigenvalue weighted by Gasteiger charge is 1.98. The van der Waals surface area contributed by atoms with E-state index < -0.39 is 0 Å². The lowest BCUT2D eigenvalue weighted by Crippen LogP contribution is -1.87. The molecule has 1 N–H and O–H groups in total. The number of nitrogens with zero attached hydrogens (tertiary/aromatic N) is 1. The Hall–Kier alpha value is -1.09. The molecule has 0 aliphatic carbocycles. The molecule has 72 valence electrons. The number of halogens is 1. The van der Waals surface area contributed by atoms with Crippen molar-refractivity contribution in [3.05, 3.63) is 52.0 Å². The van der Waals surface area contributed by atoms with Crippen LogP contribution in [0.3, 0.4) is 0 Å². The molecule has 2 rings (SSSR count). The van der Waals surface area contributed by atoms with E-state index in [9.17, 15) is 0 Å². The van der Waals surface area contributed by atoms with Gasteiger partial charge in [0, 0.05) is 22.8 Å². The van der Waals surface area contributed by atoms with Gasteiger partial charge in [0.2, 0.25) is 0 Å². The van der Waals surface area contributed by atoms with Crippen LogP contribution < -0.4 is 0 Å². The van der Waals surface area contributed by atoms with Crippen LogP contribution in [0.1, 0.15) is 17.1 Å². The van der Waals surface area contributed by atoms with E-state index in [-0.39, 0.29) is 0 Å². The fraction of sp³-hybridized carbons (Fsp3) is 0.182. The van der Waals surface area contributed by atoms with Gasteiger partial charge in [0.15, 0.2) is 0 Å². The fourth-order valence-electron chi connectivity index (χ4n) is 1.38. The molecule has 0 saturated carbocycles. The molecule has 0 atom stereocenters. The molecule has 1 heterocycles. The third-order valence-electron chi connectivity index (χ3n) is 2.06. The number of aryl methyl sites for hydroxylation is 1. The third kappa shape index (κ3) is 2.23. The Morgan fingerprint density at radius 1 is 1.29 bits per heavy atom. The zero-order valence-electron chi connectivity index (χ0n) is 7.92. The van der Waals surface area contributed by atoms with Crippen molar-refractivity contribution in [2.75, 3.05) is 0 Å². The van der Waals surface area contributed by atoms with Gasteiger partial charge in [0.1, 0.15) is 5.82 Å². The normalized spacial score (nSPS) is 10.4. The van der Waals surface area contributed by atoms with Gasteiger partial charge >= 0.3 is 0 Å². The summed E-state index contributed by atoms with van der Waals surface area (Å²) in [4.78, 5) is 7.38. The zero-order chi connectivity index (χ0) is 9.97. The zero-order valence-corrected chi connectivity index (χ0v) is 9.51. The number of nitrogens with one attached hydrogen (secondary N) is 1. The maximum absolute atomic E-state index is 4.17. The second kappa shape index (κ2) is 3.96. The molecular weight excluding hydrogens is 240 g/mol. The lowest BCUT2D eigenvalue weighted by atomic mass is 10.1. The molecule has 2 aromatic rings. The van der Waals surface area contributed by atoms with Crippen molar-refractivity contribution >= 4 is 15.9 Å². The van der Waals surface area contributed by atoms with Gasteiger partial charge in [-0.15, -0.1) is 0 Å². The van der Waals surface area contributed by atoms with E-state index in [2.05, 4.69) is 50.2 Å². The van der Waals surface area contributed by atoms with Crippen LogP contribution in [-0.2, 0) is 6.42 Å². The maximum atomic E-state index is 4.17. The molecular formula is C11H11BrN2. The number of hydrogen-bond donors (Lipinski definition) is 1. The van der Waals surface area contributed by atoms with Crippen LogP contribution in [0.25, 0.3) is 0 Å². The van der Waals surface area contributed by atoms with Crippen LogP contribution in [0.5, 0.6) is 0 Å². The van der Waals surface area contributed by atoms with Crippen LogP contribution in [-0.4, -0.2) is 9.97 Å². The highest BCUT2D eigenvalue weighted by atomic mass is 79.9. The van der Waals surface area contributed by atoms with E-state index in [1.165, 1.54) is 5.56 Å². The second-order valence-corrected chi connectivity index (χ2v) is 4.21. The molecule has 14 heavy (non-hydrogen) atoms. The van der Waals surface area contributed by atoms with Crippen LogP contribution in [0.2, 0.25) is 0 Å². The molecule has 1 aromatic heterocycles. The first-order valence-electron chi connectivity index (χ1n) is 4.49. The summed E-state index contributed by atoms with van der Waals surface area (Å²) in [5.41, 5.74) is 2.45. The largest absolute Gasteiger partial charge is 0.346 e. The highest BCUT2D eigenvalue weighted by Crippen LogP contribution is 2.13. The smallest absolute Gasteiger partial charge is 0.103 e. The summed E-state index contributed by atoms with van der Waals surface area (Å²) in [5.74, 6) is 0.970. The minimum atomic E-state index is 0.911. The fourth-order valence-corrected chi connectivity index (χ4v) is 1.65. The first kappa shape index (κ1) is 9.46. The Bertz CT molecular complexity index is 417. The maximum Gasteiger partial charge on any atom is 0.103 e. The lowest BCUT2D eigenvalue weighted by Gasteiger charge is -1.98. The van der Waals surface area contributed by atoms with Gasteiger partial charge in [0.25, 0.3) is 0 Å². The molecule has 0 unspecified atom stereocenters. The van der Waals surface area contributed by atoms with E-state index in [1.807, 2.05) is 13.1 Å². The minimum absolute atomic E-state index is 0.911.